The van der Waals surface area contributed by atoms with Gasteiger partial charge in [-0.3, -0.25) is 4.79 Å². The lowest BCUT2D eigenvalue weighted by atomic mass is 9.87. The van der Waals surface area contributed by atoms with Gasteiger partial charge in [-0.05, 0) is 55.0 Å². The van der Waals surface area contributed by atoms with Crippen LogP contribution in [-0.4, -0.2) is 10.9 Å². The van der Waals surface area contributed by atoms with E-state index in [-0.39, 0.29) is 5.91 Å². The number of aryl methyl sites for hydroxylation is 1. The zero-order chi connectivity index (χ0) is 21.5. The van der Waals surface area contributed by atoms with Crippen LogP contribution in [-0.2, 0) is 12.8 Å². The lowest BCUT2D eigenvalue weighted by Crippen LogP contribution is -2.12. The maximum absolute atomic E-state index is 13.0. The predicted octanol–water partition coefficient (Wildman–Crippen LogP) is 6.98. The summed E-state index contributed by atoms with van der Waals surface area (Å²) < 4.78 is 0. The number of halogens is 2. The van der Waals surface area contributed by atoms with Crippen molar-refractivity contribution in [3.8, 4) is 11.3 Å². The quantitative estimate of drug-likeness (QED) is 0.341. The van der Waals surface area contributed by atoms with Crippen LogP contribution in [0.25, 0.3) is 21.5 Å². The highest BCUT2D eigenvalue weighted by Gasteiger charge is 2.25. The number of carbonyl (C=O) groups is 1. The van der Waals surface area contributed by atoms with E-state index in [2.05, 4.69) is 17.4 Å². The number of fused-ring (bicyclic) bond motifs is 3. The van der Waals surface area contributed by atoms with Crippen LogP contribution in [0.5, 0.6) is 0 Å². The number of nitrogens with zero attached hydrogens (tertiary/aromatic N) is 1. The van der Waals surface area contributed by atoms with Gasteiger partial charge in [-0.25, -0.2) is 4.98 Å². The number of benzene rings is 2. The number of nitrogens with one attached hydrogen (secondary N) is 1. The molecule has 5 rings (SSSR count). The molecule has 4 nitrogen and oxygen atoms in total. The van der Waals surface area contributed by atoms with E-state index in [0.717, 1.165) is 47.2 Å². The van der Waals surface area contributed by atoms with E-state index < -0.39 is 0 Å². The SMILES string of the molecule is Nc1c(C(=O)Nc2ccc(Cl)c(Cl)c2)sc2nc(-c3ccccc3)c3c(c12)CCCC3. The van der Waals surface area contributed by atoms with Crippen molar-refractivity contribution in [2.75, 3.05) is 11.1 Å². The van der Waals surface area contributed by atoms with E-state index in [4.69, 9.17) is 33.9 Å². The molecule has 0 saturated carbocycles. The molecule has 2 aromatic carbocycles. The predicted molar refractivity (Wildman–Crippen MR) is 131 cm³/mol. The lowest BCUT2D eigenvalue weighted by molar-refractivity contribution is 0.103. The average Bonchev–Trinajstić information content (AvgIpc) is 3.13. The largest absolute Gasteiger partial charge is 0.397 e. The van der Waals surface area contributed by atoms with Gasteiger partial charge >= 0.3 is 0 Å². The number of thiophene rings is 1. The minimum Gasteiger partial charge on any atom is -0.397 e. The average molecular weight is 468 g/mol. The highest BCUT2D eigenvalue weighted by Crippen LogP contribution is 2.42. The molecule has 3 N–H and O–H groups in total. The molecule has 2 heterocycles. The molecule has 0 unspecified atom stereocenters. The summed E-state index contributed by atoms with van der Waals surface area (Å²) in [5.41, 5.74) is 12.2. The number of rotatable bonds is 3. The molecular formula is C24H19Cl2N3OS. The summed E-state index contributed by atoms with van der Waals surface area (Å²) in [6.45, 7) is 0. The van der Waals surface area contributed by atoms with E-state index in [1.165, 1.54) is 22.5 Å². The number of carbonyl (C=O) groups excluding carboxylic acids is 1. The Morgan fingerprint density at radius 3 is 2.48 bits per heavy atom. The zero-order valence-corrected chi connectivity index (χ0v) is 18.9. The molecule has 7 heteroatoms. The number of hydrogen-bond donors (Lipinski definition) is 2. The van der Waals surface area contributed by atoms with E-state index in [1.54, 1.807) is 18.2 Å². The van der Waals surface area contributed by atoms with Crippen molar-refractivity contribution in [3.63, 3.8) is 0 Å². The summed E-state index contributed by atoms with van der Waals surface area (Å²) in [5.74, 6) is -0.273. The first kappa shape index (κ1) is 20.3. The summed E-state index contributed by atoms with van der Waals surface area (Å²) in [6.07, 6.45) is 4.17. The maximum Gasteiger partial charge on any atom is 0.267 e. The van der Waals surface area contributed by atoms with Crippen LogP contribution >= 0.6 is 34.5 Å². The van der Waals surface area contributed by atoms with Gasteiger partial charge in [0.25, 0.3) is 5.91 Å². The van der Waals surface area contributed by atoms with Crippen molar-refractivity contribution in [1.29, 1.82) is 0 Å². The fourth-order valence-electron chi connectivity index (χ4n) is 4.18. The Hall–Kier alpha value is -2.60. The summed E-state index contributed by atoms with van der Waals surface area (Å²) in [6, 6.07) is 15.2. The highest BCUT2D eigenvalue weighted by molar-refractivity contribution is 7.21. The minimum absolute atomic E-state index is 0.273. The Morgan fingerprint density at radius 2 is 1.74 bits per heavy atom. The standard InChI is InChI=1S/C24H19Cl2N3OS/c25-17-11-10-14(12-18(17)26)28-23(30)22-20(27)19-15-8-4-5-9-16(15)21(29-24(19)31-22)13-6-2-1-3-7-13/h1-3,6-7,10-12H,4-5,8-9,27H2,(H,28,30). The number of hydrogen-bond acceptors (Lipinski definition) is 4. The molecule has 0 aliphatic heterocycles. The van der Waals surface area contributed by atoms with Crippen LogP contribution in [0.3, 0.4) is 0 Å². The third-order valence-electron chi connectivity index (χ3n) is 5.63. The fourth-order valence-corrected chi connectivity index (χ4v) is 5.50. The Labute approximate surface area is 194 Å². The molecule has 31 heavy (non-hydrogen) atoms. The lowest BCUT2D eigenvalue weighted by Gasteiger charge is -2.20. The van der Waals surface area contributed by atoms with Gasteiger partial charge in [0.2, 0.25) is 0 Å². The second kappa shape index (κ2) is 8.15. The number of pyridine rings is 1. The first-order valence-electron chi connectivity index (χ1n) is 10.1. The monoisotopic (exact) mass is 467 g/mol. The van der Waals surface area contributed by atoms with Crippen LogP contribution < -0.4 is 11.1 Å². The molecule has 1 aliphatic rings. The molecule has 1 amide bonds. The van der Waals surface area contributed by atoms with E-state index >= 15 is 0 Å². The molecule has 0 saturated heterocycles. The smallest absolute Gasteiger partial charge is 0.267 e. The highest BCUT2D eigenvalue weighted by atomic mass is 35.5. The summed E-state index contributed by atoms with van der Waals surface area (Å²) in [4.78, 5) is 19.3. The minimum atomic E-state index is -0.273. The van der Waals surface area contributed by atoms with Gasteiger partial charge in [0.05, 0.1) is 21.4 Å². The molecule has 0 radical (unpaired) electrons. The van der Waals surface area contributed by atoms with Crippen molar-refractivity contribution < 1.29 is 4.79 Å². The number of aromatic nitrogens is 1. The Morgan fingerprint density at radius 1 is 1.00 bits per heavy atom. The van der Waals surface area contributed by atoms with Crippen LogP contribution in [0.15, 0.2) is 48.5 Å². The first-order chi connectivity index (χ1) is 15.0. The maximum atomic E-state index is 13.0. The summed E-state index contributed by atoms with van der Waals surface area (Å²) >= 11 is 13.4. The normalized spacial score (nSPS) is 13.2. The molecule has 156 valence electrons. The summed E-state index contributed by atoms with van der Waals surface area (Å²) in [7, 11) is 0. The third-order valence-corrected chi connectivity index (χ3v) is 7.46. The molecular weight excluding hydrogens is 449 g/mol. The summed E-state index contributed by atoms with van der Waals surface area (Å²) in [5, 5.41) is 4.62. The number of amides is 1. The zero-order valence-electron chi connectivity index (χ0n) is 16.5. The second-order valence-electron chi connectivity index (χ2n) is 7.60. The van der Waals surface area contributed by atoms with Gasteiger partial charge < -0.3 is 11.1 Å². The van der Waals surface area contributed by atoms with Crippen molar-refractivity contribution >= 4 is 62.0 Å². The molecule has 4 aromatic rings. The second-order valence-corrected chi connectivity index (χ2v) is 9.41. The molecule has 1 aliphatic carbocycles. The van der Waals surface area contributed by atoms with E-state index in [1.807, 2.05) is 18.2 Å². The molecule has 0 fully saturated rings. The van der Waals surface area contributed by atoms with Gasteiger partial charge in [-0.1, -0.05) is 53.5 Å². The van der Waals surface area contributed by atoms with Crippen LogP contribution in [0, 0.1) is 0 Å². The Kier molecular flexibility index (Phi) is 5.34. The van der Waals surface area contributed by atoms with Gasteiger partial charge in [0.1, 0.15) is 9.71 Å². The first-order valence-corrected chi connectivity index (χ1v) is 11.7. The van der Waals surface area contributed by atoms with Gasteiger partial charge in [-0.2, -0.15) is 0 Å². The Bertz CT molecular complexity index is 1320. The molecule has 0 spiro atoms. The molecule has 0 bridgehead atoms. The fraction of sp³-hybridized carbons (Fsp3) is 0.167. The van der Waals surface area contributed by atoms with Crippen molar-refractivity contribution in [1.82, 2.24) is 4.98 Å². The molecule has 0 atom stereocenters. The number of nitrogens with two attached hydrogens (primary N) is 1. The van der Waals surface area contributed by atoms with E-state index in [9.17, 15) is 4.79 Å². The van der Waals surface area contributed by atoms with Crippen molar-refractivity contribution in [2.45, 2.75) is 25.7 Å². The van der Waals surface area contributed by atoms with Gasteiger partial charge in [0, 0.05) is 16.6 Å². The van der Waals surface area contributed by atoms with Gasteiger partial charge in [0.15, 0.2) is 0 Å². The van der Waals surface area contributed by atoms with Crippen LogP contribution in [0.2, 0.25) is 10.0 Å². The van der Waals surface area contributed by atoms with Gasteiger partial charge in [-0.15, -0.1) is 11.3 Å². The number of nitrogen functional groups attached to an aromatic ring is 1. The molecule has 2 aromatic heterocycles. The van der Waals surface area contributed by atoms with E-state index in [0.29, 0.717) is 26.3 Å². The Balaban J connectivity index is 1.62. The van der Waals surface area contributed by atoms with Crippen LogP contribution in [0.4, 0.5) is 11.4 Å². The van der Waals surface area contributed by atoms with Crippen molar-refractivity contribution in [3.05, 3.63) is 74.6 Å². The van der Waals surface area contributed by atoms with Crippen molar-refractivity contribution in [2.24, 2.45) is 0 Å². The topological polar surface area (TPSA) is 68.0 Å². The third kappa shape index (κ3) is 3.67. The number of anilines is 2. The van der Waals surface area contributed by atoms with Crippen LogP contribution in [0.1, 0.15) is 33.6 Å².